The maximum atomic E-state index is 11.9. The first kappa shape index (κ1) is 19.5. The second-order valence-corrected chi connectivity index (χ2v) is 7.69. The minimum atomic E-state index is -0.0576. The highest BCUT2D eigenvalue weighted by molar-refractivity contribution is 9.10. The van der Waals surface area contributed by atoms with Crippen molar-refractivity contribution in [3.05, 3.63) is 58.1 Å². The van der Waals surface area contributed by atoms with Crippen LogP contribution in [0.25, 0.3) is 0 Å². The van der Waals surface area contributed by atoms with Crippen LogP contribution in [-0.4, -0.2) is 23.3 Å². The van der Waals surface area contributed by atoms with Gasteiger partial charge in [-0.25, -0.2) is 0 Å². The van der Waals surface area contributed by atoms with Gasteiger partial charge in [0, 0.05) is 28.0 Å². The topological polar surface area (TPSA) is 58.2 Å². The van der Waals surface area contributed by atoms with Gasteiger partial charge in [-0.1, -0.05) is 33.6 Å². The Morgan fingerprint density at radius 2 is 1.60 bits per heavy atom. The number of hydrogen-bond acceptors (Lipinski definition) is 3. The highest BCUT2D eigenvalue weighted by atomic mass is 79.9. The van der Waals surface area contributed by atoms with Gasteiger partial charge in [-0.3, -0.25) is 9.59 Å². The van der Waals surface area contributed by atoms with Crippen LogP contribution in [-0.2, 0) is 9.59 Å². The molecule has 0 aliphatic heterocycles. The SMILES string of the molecule is Cc1ccc(NC(=O)CSCCC(=O)Nc2ccc(Br)c(C)c2)cc1. The van der Waals surface area contributed by atoms with Crippen molar-refractivity contribution in [3.8, 4) is 0 Å². The van der Waals surface area contributed by atoms with E-state index in [2.05, 4.69) is 26.6 Å². The largest absolute Gasteiger partial charge is 0.326 e. The Hall–Kier alpha value is -1.79. The molecule has 0 bridgehead atoms. The molecule has 2 rings (SSSR count). The maximum absolute atomic E-state index is 11.9. The van der Waals surface area contributed by atoms with Gasteiger partial charge in [0.1, 0.15) is 0 Å². The van der Waals surface area contributed by atoms with E-state index >= 15 is 0 Å². The molecule has 0 heterocycles. The van der Waals surface area contributed by atoms with Gasteiger partial charge in [-0.15, -0.1) is 0 Å². The highest BCUT2D eigenvalue weighted by Crippen LogP contribution is 2.20. The molecule has 4 nitrogen and oxygen atoms in total. The first-order chi connectivity index (χ1) is 11.9. The van der Waals surface area contributed by atoms with E-state index in [1.807, 2.05) is 56.3 Å². The Bertz CT molecular complexity index is 748. The van der Waals surface area contributed by atoms with Gasteiger partial charge in [-0.2, -0.15) is 11.8 Å². The fourth-order valence-corrected chi connectivity index (χ4v) is 3.09. The van der Waals surface area contributed by atoms with Gasteiger partial charge >= 0.3 is 0 Å². The molecular weight excluding hydrogens is 400 g/mol. The van der Waals surface area contributed by atoms with E-state index in [9.17, 15) is 9.59 Å². The van der Waals surface area contributed by atoms with Crippen molar-refractivity contribution in [2.24, 2.45) is 0 Å². The Morgan fingerprint density at radius 1 is 0.960 bits per heavy atom. The van der Waals surface area contributed by atoms with Gasteiger partial charge in [0.2, 0.25) is 11.8 Å². The molecule has 132 valence electrons. The zero-order valence-corrected chi connectivity index (χ0v) is 16.7. The lowest BCUT2D eigenvalue weighted by atomic mass is 10.2. The lowest BCUT2D eigenvalue weighted by Gasteiger charge is -2.08. The summed E-state index contributed by atoms with van der Waals surface area (Å²) in [5.74, 6) is 0.826. The summed E-state index contributed by atoms with van der Waals surface area (Å²) in [4.78, 5) is 23.8. The van der Waals surface area contributed by atoms with E-state index < -0.39 is 0 Å². The van der Waals surface area contributed by atoms with E-state index in [0.717, 1.165) is 27.0 Å². The molecule has 0 aliphatic rings. The Kier molecular flexibility index (Phi) is 7.52. The van der Waals surface area contributed by atoms with Crippen LogP contribution in [0.3, 0.4) is 0 Å². The number of carbonyl (C=O) groups excluding carboxylic acids is 2. The van der Waals surface area contributed by atoms with Crippen molar-refractivity contribution in [1.29, 1.82) is 0 Å². The molecule has 6 heteroatoms. The van der Waals surface area contributed by atoms with Crippen LogP contribution < -0.4 is 10.6 Å². The molecule has 25 heavy (non-hydrogen) atoms. The van der Waals surface area contributed by atoms with Gasteiger partial charge in [0.05, 0.1) is 5.75 Å². The average Bonchev–Trinajstić information content (AvgIpc) is 2.57. The molecule has 2 amide bonds. The van der Waals surface area contributed by atoms with Gasteiger partial charge in [-0.05, 0) is 49.7 Å². The molecular formula is C19H21BrN2O2S. The minimum Gasteiger partial charge on any atom is -0.326 e. The van der Waals surface area contributed by atoms with Gasteiger partial charge in [0.15, 0.2) is 0 Å². The van der Waals surface area contributed by atoms with Crippen molar-refractivity contribution in [1.82, 2.24) is 0 Å². The molecule has 0 aliphatic carbocycles. The predicted molar refractivity (Wildman–Crippen MR) is 109 cm³/mol. The molecule has 2 N–H and O–H groups in total. The van der Waals surface area contributed by atoms with E-state index in [1.54, 1.807) is 0 Å². The zero-order valence-electron chi connectivity index (χ0n) is 14.3. The van der Waals surface area contributed by atoms with E-state index in [0.29, 0.717) is 17.9 Å². The third-order valence-electron chi connectivity index (χ3n) is 3.48. The van der Waals surface area contributed by atoms with Crippen molar-refractivity contribution in [2.45, 2.75) is 20.3 Å². The van der Waals surface area contributed by atoms with E-state index in [4.69, 9.17) is 0 Å². The first-order valence-corrected chi connectivity index (χ1v) is 9.89. The summed E-state index contributed by atoms with van der Waals surface area (Å²) >= 11 is 4.88. The van der Waals surface area contributed by atoms with E-state index in [-0.39, 0.29) is 11.8 Å². The van der Waals surface area contributed by atoms with Crippen molar-refractivity contribution < 1.29 is 9.59 Å². The third-order valence-corrected chi connectivity index (χ3v) is 5.33. The highest BCUT2D eigenvalue weighted by Gasteiger charge is 2.06. The van der Waals surface area contributed by atoms with Crippen LogP contribution in [0.4, 0.5) is 11.4 Å². The Balaban J connectivity index is 1.66. The number of anilines is 2. The van der Waals surface area contributed by atoms with Crippen LogP contribution in [0.5, 0.6) is 0 Å². The minimum absolute atomic E-state index is 0.0480. The van der Waals surface area contributed by atoms with Crippen molar-refractivity contribution in [3.63, 3.8) is 0 Å². The number of hydrogen-bond donors (Lipinski definition) is 2. The van der Waals surface area contributed by atoms with Crippen LogP contribution >= 0.6 is 27.7 Å². The number of amides is 2. The first-order valence-electron chi connectivity index (χ1n) is 7.94. The summed E-state index contributed by atoms with van der Waals surface area (Å²) in [7, 11) is 0. The summed E-state index contributed by atoms with van der Waals surface area (Å²) < 4.78 is 1.01. The monoisotopic (exact) mass is 420 g/mol. The number of halogens is 1. The second-order valence-electron chi connectivity index (χ2n) is 5.73. The normalized spacial score (nSPS) is 10.4. The molecule has 0 fully saturated rings. The summed E-state index contributed by atoms with van der Waals surface area (Å²) in [6.45, 7) is 3.98. The lowest BCUT2D eigenvalue weighted by Crippen LogP contribution is -2.16. The summed E-state index contributed by atoms with van der Waals surface area (Å²) in [5.41, 5.74) is 3.80. The molecule has 0 saturated heterocycles. The smallest absolute Gasteiger partial charge is 0.234 e. The quantitative estimate of drug-likeness (QED) is 0.634. The summed E-state index contributed by atoms with van der Waals surface area (Å²) in [5, 5.41) is 5.71. The van der Waals surface area contributed by atoms with Gasteiger partial charge in [0.25, 0.3) is 0 Å². The molecule has 0 unspecified atom stereocenters. The molecule has 0 radical (unpaired) electrons. The number of benzene rings is 2. The number of carbonyl (C=O) groups is 2. The summed E-state index contributed by atoms with van der Waals surface area (Å²) in [6.07, 6.45) is 0.373. The number of rotatable bonds is 7. The zero-order chi connectivity index (χ0) is 18.2. The Labute approximate surface area is 160 Å². The Morgan fingerprint density at radius 3 is 2.28 bits per heavy atom. The van der Waals surface area contributed by atoms with Crippen molar-refractivity contribution in [2.75, 3.05) is 22.1 Å². The molecule has 0 saturated carbocycles. The molecule has 0 spiro atoms. The molecule has 0 aromatic heterocycles. The van der Waals surface area contributed by atoms with Crippen molar-refractivity contribution >= 4 is 50.9 Å². The molecule has 0 atom stereocenters. The van der Waals surface area contributed by atoms with E-state index in [1.165, 1.54) is 11.8 Å². The molecule has 2 aromatic carbocycles. The number of aryl methyl sites for hydroxylation is 2. The van der Waals surface area contributed by atoms with Gasteiger partial charge < -0.3 is 10.6 Å². The fraction of sp³-hybridized carbons (Fsp3) is 0.263. The number of nitrogens with one attached hydrogen (secondary N) is 2. The molecule has 2 aromatic rings. The third kappa shape index (κ3) is 6.92. The fourth-order valence-electron chi connectivity index (χ4n) is 2.11. The predicted octanol–water partition coefficient (Wildman–Crippen LogP) is 4.77. The summed E-state index contributed by atoms with van der Waals surface area (Å²) in [6, 6.07) is 13.4. The standard InChI is InChI=1S/C19H21BrN2O2S/c1-13-3-5-15(6-4-13)21-19(24)12-25-10-9-18(23)22-16-7-8-17(20)14(2)11-16/h3-8,11H,9-10,12H2,1-2H3,(H,21,24)(H,22,23). The number of thioether (sulfide) groups is 1. The van der Waals surface area contributed by atoms with Crippen LogP contribution in [0, 0.1) is 13.8 Å². The second kappa shape index (κ2) is 9.63. The average molecular weight is 421 g/mol. The maximum Gasteiger partial charge on any atom is 0.234 e. The lowest BCUT2D eigenvalue weighted by molar-refractivity contribution is -0.116. The van der Waals surface area contributed by atoms with Crippen LogP contribution in [0.1, 0.15) is 17.5 Å². The van der Waals surface area contributed by atoms with Crippen LogP contribution in [0.15, 0.2) is 46.9 Å². The van der Waals surface area contributed by atoms with Crippen LogP contribution in [0.2, 0.25) is 0 Å².